The highest BCUT2D eigenvalue weighted by molar-refractivity contribution is 6.30. The van der Waals surface area contributed by atoms with E-state index >= 15 is 0 Å². The minimum atomic E-state index is -0.417. The van der Waals surface area contributed by atoms with Gasteiger partial charge in [0.2, 0.25) is 0 Å². The molecule has 0 saturated carbocycles. The quantitative estimate of drug-likeness (QED) is 0.687. The van der Waals surface area contributed by atoms with Crippen LogP contribution in [0.1, 0.15) is 11.1 Å². The highest BCUT2D eigenvalue weighted by atomic mass is 35.5. The Labute approximate surface area is 120 Å². The smallest absolute Gasteiger partial charge is 0.141 e. The van der Waals surface area contributed by atoms with Gasteiger partial charge in [-0.3, -0.25) is 0 Å². The molecule has 20 heavy (non-hydrogen) atoms. The Morgan fingerprint density at radius 1 is 1.20 bits per heavy atom. The lowest BCUT2D eigenvalue weighted by molar-refractivity contribution is 0.627. The number of nitrogens with zero attached hydrogens (tertiary/aromatic N) is 2. The van der Waals surface area contributed by atoms with E-state index in [1.54, 1.807) is 18.2 Å². The first-order chi connectivity index (χ1) is 9.69. The Kier molecular flexibility index (Phi) is 3.17. The summed E-state index contributed by atoms with van der Waals surface area (Å²) >= 11 is 5.79. The molecule has 0 N–H and O–H groups in total. The Balaban J connectivity index is 2.03. The molecule has 0 spiro atoms. The molecule has 0 unspecified atom stereocenters. The Morgan fingerprint density at radius 2 is 2.05 bits per heavy atom. The van der Waals surface area contributed by atoms with Gasteiger partial charge in [-0.15, -0.1) is 0 Å². The minimum Gasteiger partial charge on any atom is -0.343 e. The highest BCUT2D eigenvalue weighted by Crippen LogP contribution is 2.22. The van der Waals surface area contributed by atoms with E-state index in [1.165, 1.54) is 6.07 Å². The second-order valence-electron chi connectivity index (χ2n) is 4.54. The van der Waals surface area contributed by atoms with Gasteiger partial charge < -0.3 is 4.57 Å². The summed E-state index contributed by atoms with van der Waals surface area (Å²) in [6, 6.07) is 14.4. The maximum atomic E-state index is 13.2. The summed E-state index contributed by atoms with van der Waals surface area (Å²) in [5, 5.41) is 10.1. The van der Waals surface area contributed by atoms with Crippen molar-refractivity contribution in [3.63, 3.8) is 0 Å². The van der Waals surface area contributed by atoms with Crippen molar-refractivity contribution < 1.29 is 4.39 Å². The molecule has 0 aliphatic rings. The predicted octanol–water partition coefficient (Wildman–Crippen LogP) is 4.35. The zero-order chi connectivity index (χ0) is 14.1. The SMILES string of the molecule is N#Cc1cccc2c1ccn2Cc1ccc(F)c(Cl)c1. The maximum Gasteiger partial charge on any atom is 0.141 e. The van der Waals surface area contributed by atoms with Gasteiger partial charge in [0.05, 0.1) is 16.7 Å². The first-order valence-corrected chi connectivity index (χ1v) is 6.49. The summed E-state index contributed by atoms with van der Waals surface area (Å²) in [5.74, 6) is -0.417. The molecule has 0 amide bonds. The topological polar surface area (TPSA) is 28.7 Å². The maximum absolute atomic E-state index is 13.2. The fourth-order valence-corrected chi connectivity index (χ4v) is 2.50. The number of nitriles is 1. The zero-order valence-corrected chi connectivity index (χ0v) is 11.2. The van der Waals surface area contributed by atoms with Gasteiger partial charge in [0.15, 0.2) is 0 Å². The summed E-state index contributed by atoms with van der Waals surface area (Å²) in [7, 11) is 0. The van der Waals surface area contributed by atoms with E-state index in [9.17, 15) is 4.39 Å². The van der Waals surface area contributed by atoms with Crippen LogP contribution in [0.3, 0.4) is 0 Å². The largest absolute Gasteiger partial charge is 0.343 e. The van der Waals surface area contributed by atoms with Crippen LogP contribution in [0.15, 0.2) is 48.7 Å². The van der Waals surface area contributed by atoms with Crippen LogP contribution in [-0.4, -0.2) is 4.57 Å². The molecule has 1 aromatic heterocycles. The second-order valence-corrected chi connectivity index (χ2v) is 4.95. The third kappa shape index (κ3) is 2.15. The Morgan fingerprint density at radius 3 is 2.80 bits per heavy atom. The van der Waals surface area contributed by atoms with Crippen LogP contribution < -0.4 is 0 Å². The zero-order valence-electron chi connectivity index (χ0n) is 10.5. The van der Waals surface area contributed by atoms with Gasteiger partial charge in [0, 0.05) is 23.6 Å². The van der Waals surface area contributed by atoms with Crippen LogP contribution in [0.4, 0.5) is 4.39 Å². The molecule has 98 valence electrons. The molecule has 0 saturated heterocycles. The summed E-state index contributed by atoms with van der Waals surface area (Å²) < 4.78 is 15.2. The Bertz CT molecular complexity index is 830. The van der Waals surface area contributed by atoms with Gasteiger partial charge >= 0.3 is 0 Å². The lowest BCUT2D eigenvalue weighted by atomic mass is 10.1. The number of benzene rings is 2. The van der Waals surface area contributed by atoms with Crippen molar-refractivity contribution in [3.8, 4) is 6.07 Å². The highest BCUT2D eigenvalue weighted by Gasteiger charge is 2.07. The molecule has 0 radical (unpaired) electrons. The number of fused-ring (bicyclic) bond motifs is 1. The molecule has 0 bridgehead atoms. The number of aromatic nitrogens is 1. The molecule has 3 rings (SSSR count). The van der Waals surface area contributed by atoms with Crippen molar-refractivity contribution in [1.29, 1.82) is 5.26 Å². The van der Waals surface area contributed by atoms with E-state index in [4.69, 9.17) is 16.9 Å². The van der Waals surface area contributed by atoms with Crippen LogP contribution in [0.25, 0.3) is 10.9 Å². The van der Waals surface area contributed by atoms with Crippen LogP contribution in [0.2, 0.25) is 5.02 Å². The van der Waals surface area contributed by atoms with Gasteiger partial charge in [-0.1, -0.05) is 23.7 Å². The lowest BCUT2D eigenvalue weighted by Gasteiger charge is -2.07. The number of hydrogen-bond acceptors (Lipinski definition) is 1. The van der Waals surface area contributed by atoms with Crippen molar-refractivity contribution >= 4 is 22.5 Å². The van der Waals surface area contributed by atoms with Crippen LogP contribution in [0.5, 0.6) is 0 Å². The summed E-state index contributed by atoms with van der Waals surface area (Å²) in [5.41, 5.74) is 2.54. The average Bonchev–Trinajstić information content (AvgIpc) is 2.86. The second kappa shape index (κ2) is 4.99. The van der Waals surface area contributed by atoms with E-state index in [2.05, 4.69) is 6.07 Å². The van der Waals surface area contributed by atoms with Crippen LogP contribution in [0, 0.1) is 17.1 Å². The van der Waals surface area contributed by atoms with E-state index in [-0.39, 0.29) is 5.02 Å². The average molecular weight is 285 g/mol. The molecular weight excluding hydrogens is 275 g/mol. The van der Waals surface area contributed by atoms with E-state index < -0.39 is 5.82 Å². The van der Waals surface area contributed by atoms with Gasteiger partial charge in [0.25, 0.3) is 0 Å². The molecule has 0 atom stereocenters. The van der Waals surface area contributed by atoms with Gasteiger partial charge in [-0.2, -0.15) is 5.26 Å². The summed E-state index contributed by atoms with van der Waals surface area (Å²) in [4.78, 5) is 0. The fraction of sp³-hybridized carbons (Fsp3) is 0.0625. The van der Waals surface area contributed by atoms with Crippen molar-refractivity contribution in [2.45, 2.75) is 6.54 Å². The summed E-state index contributed by atoms with van der Waals surface area (Å²) in [6.45, 7) is 0.582. The summed E-state index contributed by atoms with van der Waals surface area (Å²) in [6.07, 6.45) is 1.92. The first kappa shape index (κ1) is 12.7. The molecule has 2 nitrogen and oxygen atoms in total. The minimum absolute atomic E-state index is 0.122. The third-order valence-electron chi connectivity index (χ3n) is 3.27. The van der Waals surface area contributed by atoms with E-state index in [1.807, 2.05) is 29.0 Å². The molecule has 4 heteroatoms. The van der Waals surface area contributed by atoms with E-state index in [0.29, 0.717) is 12.1 Å². The van der Waals surface area contributed by atoms with Gasteiger partial charge in [-0.25, -0.2) is 4.39 Å². The predicted molar refractivity (Wildman–Crippen MR) is 77.2 cm³/mol. The van der Waals surface area contributed by atoms with Gasteiger partial charge in [-0.05, 0) is 35.9 Å². The standard InChI is InChI=1S/C16H10ClFN2/c17-14-8-11(4-5-15(14)18)10-20-7-6-13-12(9-19)2-1-3-16(13)20/h1-8H,10H2. The number of hydrogen-bond donors (Lipinski definition) is 0. The normalized spacial score (nSPS) is 10.7. The molecule has 3 aromatic rings. The third-order valence-corrected chi connectivity index (χ3v) is 3.56. The van der Waals surface area contributed by atoms with Crippen LogP contribution in [-0.2, 0) is 6.54 Å². The molecule has 2 aromatic carbocycles. The van der Waals surface area contributed by atoms with Crippen molar-refractivity contribution in [3.05, 3.63) is 70.6 Å². The number of rotatable bonds is 2. The van der Waals surface area contributed by atoms with Gasteiger partial charge in [0.1, 0.15) is 5.82 Å². The lowest BCUT2D eigenvalue weighted by Crippen LogP contribution is -1.98. The monoisotopic (exact) mass is 284 g/mol. The molecular formula is C16H10ClFN2. The number of halogens is 2. The fourth-order valence-electron chi connectivity index (χ4n) is 2.29. The van der Waals surface area contributed by atoms with Crippen molar-refractivity contribution in [1.82, 2.24) is 4.57 Å². The Hall–Kier alpha value is -2.31. The first-order valence-electron chi connectivity index (χ1n) is 6.11. The van der Waals surface area contributed by atoms with E-state index in [0.717, 1.165) is 16.5 Å². The van der Waals surface area contributed by atoms with Crippen LogP contribution >= 0.6 is 11.6 Å². The molecule has 0 aliphatic carbocycles. The van der Waals surface area contributed by atoms with Crippen molar-refractivity contribution in [2.75, 3.05) is 0 Å². The molecule has 1 heterocycles. The molecule has 0 aliphatic heterocycles. The molecule has 0 fully saturated rings. The van der Waals surface area contributed by atoms with Crippen molar-refractivity contribution in [2.24, 2.45) is 0 Å².